The van der Waals surface area contributed by atoms with Crippen LogP contribution in [-0.4, -0.2) is 52.4 Å². The molecule has 0 heterocycles. The van der Waals surface area contributed by atoms with Gasteiger partial charge in [-0.3, -0.25) is 9.59 Å². The zero-order valence-corrected chi connectivity index (χ0v) is 14.9. The molecule has 0 fully saturated rings. The number of carbonyl (C=O) groups is 2. The maximum absolute atomic E-state index is 12.1. The molecule has 1 N–H and O–H groups in total. The summed E-state index contributed by atoms with van der Waals surface area (Å²) in [7, 11) is -2.04. The molecule has 0 saturated carbocycles. The van der Waals surface area contributed by atoms with Crippen molar-refractivity contribution in [3.05, 3.63) is 29.8 Å². The lowest BCUT2D eigenvalue weighted by atomic mass is 10.2. The summed E-state index contributed by atoms with van der Waals surface area (Å²) in [5.74, 6) is -1.56. The summed E-state index contributed by atoms with van der Waals surface area (Å²) in [5.41, 5.74) is 0.946. The first-order valence-corrected chi connectivity index (χ1v) is 9.13. The zero-order valence-electron chi connectivity index (χ0n) is 14.1. The van der Waals surface area contributed by atoms with Crippen molar-refractivity contribution in [1.82, 2.24) is 5.32 Å². The molecule has 0 saturated heterocycles. The highest BCUT2D eigenvalue weighted by atomic mass is 32.2. The summed E-state index contributed by atoms with van der Waals surface area (Å²) in [6.07, 6.45) is -0.308. The minimum Gasteiger partial charge on any atom is -0.456 e. The van der Waals surface area contributed by atoms with Crippen LogP contribution in [0.2, 0.25) is 0 Å². The molecule has 8 heteroatoms. The van der Waals surface area contributed by atoms with E-state index < -0.39 is 28.3 Å². The number of benzene rings is 1. The van der Waals surface area contributed by atoms with Crippen LogP contribution < -0.4 is 5.32 Å². The first-order chi connectivity index (χ1) is 11.2. The van der Waals surface area contributed by atoms with Crippen LogP contribution in [0, 0.1) is 6.92 Å². The third-order valence-corrected chi connectivity index (χ3v) is 4.88. The zero-order chi connectivity index (χ0) is 18.2. The van der Waals surface area contributed by atoms with Gasteiger partial charge in [-0.25, -0.2) is 8.42 Å². The van der Waals surface area contributed by atoms with Crippen LogP contribution in [0.1, 0.15) is 18.9 Å². The molecule has 1 atom stereocenters. The van der Waals surface area contributed by atoms with E-state index in [-0.39, 0.29) is 23.1 Å². The summed E-state index contributed by atoms with van der Waals surface area (Å²) in [6.45, 7) is 3.50. The first-order valence-electron chi connectivity index (χ1n) is 7.48. The third kappa shape index (κ3) is 7.10. The van der Waals surface area contributed by atoms with Gasteiger partial charge in [-0.1, -0.05) is 17.7 Å². The Kier molecular flexibility index (Phi) is 7.87. The lowest BCUT2D eigenvalue weighted by molar-refractivity contribution is -0.148. The topological polar surface area (TPSA) is 98.8 Å². The molecule has 24 heavy (non-hydrogen) atoms. The molecule has 0 bridgehead atoms. The molecule has 7 nitrogen and oxygen atoms in total. The van der Waals surface area contributed by atoms with Crippen molar-refractivity contribution in [3.63, 3.8) is 0 Å². The van der Waals surface area contributed by atoms with Crippen molar-refractivity contribution in [1.29, 1.82) is 0 Å². The van der Waals surface area contributed by atoms with Crippen molar-refractivity contribution < 1.29 is 27.5 Å². The van der Waals surface area contributed by atoms with Crippen LogP contribution in [0.3, 0.4) is 0 Å². The SMILES string of the molecule is COCC(C)NC(=O)COC(=O)CCS(=O)(=O)c1ccc(C)cc1. The Morgan fingerprint density at radius 3 is 2.42 bits per heavy atom. The van der Waals surface area contributed by atoms with Crippen LogP contribution >= 0.6 is 0 Å². The van der Waals surface area contributed by atoms with Crippen LogP contribution in [0.4, 0.5) is 0 Å². The maximum Gasteiger partial charge on any atom is 0.307 e. The molecule has 1 aromatic carbocycles. The van der Waals surface area contributed by atoms with Crippen molar-refractivity contribution in [2.24, 2.45) is 0 Å². The van der Waals surface area contributed by atoms with E-state index in [2.05, 4.69) is 5.32 Å². The highest BCUT2D eigenvalue weighted by Crippen LogP contribution is 2.13. The van der Waals surface area contributed by atoms with Gasteiger partial charge in [-0.05, 0) is 26.0 Å². The van der Waals surface area contributed by atoms with Gasteiger partial charge in [0.2, 0.25) is 0 Å². The number of methoxy groups -OCH3 is 1. The second-order valence-electron chi connectivity index (χ2n) is 5.47. The highest BCUT2D eigenvalue weighted by Gasteiger charge is 2.18. The molecule has 0 radical (unpaired) electrons. The number of esters is 1. The average molecular weight is 357 g/mol. The third-order valence-electron chi connectivity index (χ3n) is 3.14. The number of hydrogen-bond acceptors (Lipinski definition) is 6. The molecular weight excluding hydrogens is 334 g/mol. The Balaban J connectivity index is 2.40. The second kappa shape index (κ2) is 9.39. The van der Waals surface area contributed by atoms with Crippen LogP contribution in [-0.2, 0) is 28.9 Å². The van der Waals surface area contributed by atoms with Gasteiger partial charge in [0.05, 0.1) is 23.7 Å². The minimum absolute atomic E-state index is 0.159. The Labute approximate surface area is 142 Å². The highest BCUT2D eigenvalue weighted by molar-refractivity contribution is 7.91. The van der Waals surface area contributed by atoms with Crippen molar-refractivity contribution in [2.75, 3.05) is 26.1 Å². The summed E-state index contributed by atoms with van der Waals surface area (Å²) in [6, 6.07) is 6.18. The molecule has 1 rings (SSSR count). The fourth-order valence-corrected chi connectivity index (χ4v) is 3.13. The number of amides is 1. The van der Waals surface area contributed by atoms with Gasteiger partial charge in [0, 0.05) is 13.2 Å². The summed E-state index contributed by atoms with van der Waals surface area (Å²) < 4.78 is 33.8. The number of ether oxygens (including phenoxy) is 2. The summed E-state index contributed by atoms with van der Waals surface area (Å²) in [4.78, 5) is 23.3. The van der Waals surface area contributed by atoms with Gasteiger partial charge < -0.3 is 14.8 Å². The maximum atomic E-state index is 12.1. The summed E-state index contributed by atoms with van der Waals surface area (Å²) in [5, 5.41) is 2.58. The van der Waals surface area contributed by atoms with Gasteiger partial charge in [0.15, 0.2) is 16.4 Å². The number of aryl methyl sites for hydroxylation is 1. The van der Waals surface area contributed by atoms with E-state index >= 15 is 0 Å². The molecule has 0 aliphatic heterocycles. The van der Waals surface area contributed by atoms with Gasteiger partial charge >= 0.3 is 5.97 Å². The van der Waals surface area contributed by atoms with E-state index in [0.29, 0.717) is 6.61 Å². The van der Waals surface area contributed by atoms with Crippen molar-refractivity contribution >= 4 is 21.7 Å². The van der Waals surface area contributed by atoms with Gasteiger partial charge in [0.1, 0.15) is 0 Å². The molecule has 0 aromatic heterocycles. The molecule has 0 aliphatic rings. The van der Waals surface area contributed by atoms with Crippen molar-refractivity contribution in [2.45, 2.75) is 31.2 Å². The quantitative estimate of drug-likeness (QED) is 0.658. The Morgan fingerprint density at radius 1 is 1.21 bits per heavy atom. The van der Waals surface area contributed by atoms with E-state index in [1.54, 1.807) is 19.1 Å². The predicted molar refractivity (Wildman–Crippen MR) is 88.3 cm³/mol. The molecular formula is C16H23NO6S. The molecule has 0 aliphatic carbocycles. The number of carbonyl (C=O) groups excluding carboxylic acids is 2. The number of nitrogens with one attached hydrogen (secondary N) is 1. The molecule has 1 unspecified atom stereocenters. The van der Waals surface area contributed by atoms with Crippen LogP contribution in [0.5, 0.6) is 0 Å². The standard InChI is InChI=1S/C16H23NO6S/c1-12-4-6-14(7-5-12)24(20,21)9-8-16(19)23-11-15(18)17-13(2)10-22-3/h4-7,13H,8-11H2,1-3H3,(H,17,18). The Hall–Kier alpha value is -1.93. The molecule has 134 valence electrons. The van der Waals surface area contributed by atoms with Gasteiger partial charge in [0.25, 0.3) is 5.91 Å². The van der Waals surface area contributed by atoms with E-state index in [0.717, 1.165) is 5.56 Å². The largest absolute Gasteiger partial charge is 0.456 e. The molecule has 1 aromatic rings. The van der Waals surface area contributed by atoms with Crippen molar-refractivity contribution in [3.8, 4) is 0 Å². The Bertz CT molecular complexity index is 654. The average Bonchev–Trinajstić information content (AvgIpc) is 2.51. The number of hydrogen-bond donors (Lipinski definition) is 1. The predicted octanol–water partition coefficient (Wildman–Crippen LogP) is 0.853. The fourth-order valence-electron chi connectivity index (χ4n) is 1.91. The van der Waals surface area contributed by atoms with Crippen LogP contribution in [0.15, 0.2) is 29.2 Å². The number of sulfone groups is 1. The molecule has 0 spiro atoms. The fraction of sp³-hybridized carbons (Fsp3) is 0.500. The Morgan fingerprint density at radius 2 is 1.83 bits per heavy atom. The normalized spacial score (nSPS) is 12.5. The monoisotopic (exact) mass is 357 g/mol. The van der Waals surface area contributed by atoms with Gasteiger partial charge in [-0.15, -0.1) is 0 Å². The van der Waals surface area contributed by atoms with Crippen LogP contribution in [0.25, 0.3) is 0 Å². The minimum atomic E-state index is -3.55. The van der Waals surface area contributed by atoms with E-state index in [1.165, 1.54) is 19.2 Å². The van der Waals surface area contributed by atoms with Gasteiger partial charge in [-0.2, -0.15) is 0 Å². The van der Waals surface area contributed by atoms with E-state index in [9.17, 15) is 18.0 Å². The first kappa shape index (κ1) is 20.1. The van der Waals surface area contributed by atoms with E-state index in [4.69, 9.17) is 9.47 Å². The summed E-state index contributed by atoms with van der Waals surface area (Å²) >= 11 is 0. The molecule has 1 amide bonds. The van der Waals surface area contributed by atoms with E-state index in [1.807, 2.05) is 6.92 Å². The lowest BCUT2D eigenvalue weighted by Crippen LogP contribution is -2.38. The number of rotatable bonds is 9. The lowest BCUT2D eigenvalue weighted by Gasteiger charge is -2.12. The second-order valence-corrected chi connectivity index (χ2v) is 7.58. The smallest absolute Gasteiger partial charge is 0.307 e.